The second-order valence-corrected chi connectivity index (χ2v) is 9.17. The number of allylic oxidation sites excluding steroid dienone is 1. The van der Waals surface area contributed by atoms with Gasteiger partial charge in [0.2, 0.25) is 11.8 Å². The molecule has 0 bridgehead atoms. The van der Waals surface area contributed by atoms with Crippen molar-refractivity contribution < 1.29 is 32.2 Å². The van der Waals surface area contributed by atoms with Crippen LogP contribution in [0.4, 0.5) is 13.2 Å². The minimum Gasteiger partial charge on any atom is -0.474 e. The molecule has 0 aromatic carbocycles. The van der Waals surface area contributed by atoms with Crippen molar-refractivity contribution in [2.45, 2.75) is 57.9 Å². The summed E-state index contributed by atoms with van der Waals surface area (Å²) >= 11 is 0. The van der Waals surface area contributed by atoms with Gasteiger partial charge in [-0.1, -0.05) is 0 Å². The molecular weight excluding hydrogens is 465 g/mol. The highest BCUT2D eigenvalue weighted by molar-refractivity contribution is 6.10. The number of hydrogen-bond acceptors (Lipinski definition) is 7. The Morgan fingerprint density at radius 1 is 1.31 bits per heavy atom. The van der Waals surface area contributed by atoms with Gasteiger partial charge >= 0.3 is 12.1 Å². The van der Waals surface area contributed by atoms with Gasteiger partial charge in [0.25, 0.3) is 0 Å². The molecule has 2 saturated carbocycles. The van der Waals surface area contributed by atoms with Crippen LogP contribution < -0.4 is 10.5 Å². The van der Waals surface area contributed by atoms with Crippen LogP contribution in [-0.2, 0) is 20.5 Å². The van der Waals surface area contributed by atoms with Crippen molar-refractivity contribution in [3.8, 4) is 5.88 Å². The van der Waals surface area contributed by atoms with E-state index in [1.165, 1.54) is 12.3 Å². The molecule has 8 nitrogen and oxygen atoms in total. The van der Waals surface area contributed by atoms with Gasteiger partial charge in [-0.05, 0) is 50.7 Å². The van der Waals surface area contributed by atoms with Crippen molar-refractivity contribution in [2.75, 3.05) is 19.7 Å². The van der Waals surface area contributed by atoms with Gasteiger partial charge in [-0.2, -0.15) is 13.2 Å². The Morgan fingerprint density at radius 3 is 2.77 bits per heavy atom. The predicted octanol–water partition coefficient (Wildman–Crippen LogP) is 3.12. The average Bonchev–Trinajstić information content (AvgIpc) is 3.47. The van der Waals surface area contributed by atoms with Crippen LogP contribution >= 0.6 is 0 Å². The standard InChI is InChI=1S/C24H29F3N4O4/c1-3-34-23(33)21(28)20-16-10-14(16)11-18(20)30-12-19(32)31-8-6-15(9-13(31)2)35-22-17(24(25,26)27)5-4-7-29-22/h4-5,7,13-16H,3,6,8-12,28H2,1-2H3/t13-,14-,15-,16-/m1/s1. The lowest BCUT2D eigenvalue weighted by molar-refractivity contribution is -0.140. The normalized spacial score (nSPS) is 28.5. The molecule has 190 valence electrons. The Kier molecular flexibility index (Phi) is 7.05. The van der Waals surface area contributed by atoms with Crippen molar-refractivity contribution in [2.24, 2.45) is 22.6 Å². The minimum atomic E-state index is -4.56. The minimum absolute atomic E-state index is 0.0714. The third kappa shape index (κ3) is 5.43. The van der Waals surface area contributed by atoms with Crippen molar-refractivity contribution in [3.05, 3.63) is 35.2 Å². The van der Waals surface area contributed by atoms with E-state index in [4.69, 9.17) is 15.2 Å². The van der Waals surface area contributed by atoms with Gasteiger partial charge in [0, 0.05) is 42.9 Å². The topological polar surface area (TPSA) is 107 Å². The number of aliphatic imine (C=N–C) groups is 1. The molecule has 0 spiro atoms. The van der Waals surface area contributed by atoms with Crippen molar-refractivity contribution >= 4 is 17.6 Å². The molecule has 1 aromatic heterocycles. The third-order valence-electron chi connectivity index (χ3n) is 6.75. The number of nitrogens with zero attached hydrogens (tertiary/aromatic N) is 3. The molecule has 1 saturated heterocycles. The summed E-state index contributed by atoms with van der Waals surface area (Å²) in [4.78, 5) is 34.9. The molecule has 0 unspecified atom stereocenters. The van der Waals surface area contributed by atoms with Crippen LogP contribution in [0.3, 0.4) is 0 Å². The second kappa shape index (κ2) is 9.87. The first-order chi connectivity index (χ1) is 16.6. The molecule has 2 N–H and O–H groups in total. The van der Waals surface area contributed by atoms with E-state index in [-0.39, 0.29) is 36.7 Å². The number of esters is 1. The van der Waals surface area contributed by atoms with Gasteiger partial charge in [0.05, 0.1) is 6.61 Å². The summed E-state index contributed by atoms with van der Waals surface area (Å²) in [6.45, 7) is 4.02. The first-order valence-corrected chi connectivity index (χ1v) is 11.8. The van der Waals surface area contributed by atoms with E-state index < -0.39 is 29.7 Å². The molecule has 4 rings (SSSR count). The Balaban J connectivity index is 1.37. The molecule has 35 heavy (non-hydrogen) atoms. The van der Waals surface area contributed by atoms with Crippen LogP contribution in [0.2, 0.25) is 0 Å². The molecule has 4 atom stereocenters. The zero-order chi connectivity index (χ0) is 25.3. The first kappa shape index (κ1) is 25.0. The number of rotatable bonds is 6. The summed E-state index contributed by atoms with van der Waals surface area (Å²) in [6, 6.07) is 1.92. The molecule has 11 heteroatoms. The summed E-state index contributed by atoms with van der Waals surface area (Å²) in [5.41, 5.74) is 6.59. The van der Waals surface area contributed by atoms with E-state index in [9.17, 15) is 22.8 Å². The Hall–Kier alpha value is -3.11. The number of carbonyl (C=O) groups excluding carboxylic acids is 2. The fraction of sp³-hybridized carbons (Fsp3) is 0.583. The number of likely N-dealkylation sites (tertiary alicyclic amines) is 1. The van der Waals surface area contributed by atoms with Crippen LogP contribution in [0, 0.1) is 11.8 Å². The summed E-state index contributed by atoms with van der Waals surface area (Å²) in [7, 11) is 0. The number of fused-ring (bicyclic) bond motifs is 1. The average molecular weight is 495 g/mol. The molecule has 3 fully saturated rings. The van der Waals surface area contributed by atoms with E-state index in [2.05, 4.69) is 9.98 Å². The van der Waals surface area contributed by atoms with Gasteiger partial charge in [-0.3, -0.25) is 9.79 Å². The molecule has 1 aromatic rings. The highest BCUT2D eigenvalue weighted by atomic mass is 19.4. The van der Waals surface area contributed by atoms with Crippen molar-refractivity contribution in [3.63, 3.8) is 0 Å². The fourth-order valence-corrected chi connectivity index (χ4v) is 4.94. The first-order valence-electron chi connectivity index (χ1n) is 11.8. The van der Waals surface area contributed by atoms with Gasteiger partial charge < -0.3 is 20.1 Å². The van der Waals surface area contributed by atoms with Crippen LogP contribution in [0.5, 0.6) is 5.88 Å². The van der Waals surface area contributed by atoms with Gasteiger partial charge in [0.1, 0.15) is 23.9 Å². The van der Waals surface area contributed by atoms with E-state index >= 15 is 0 Å². The lowest BCUT2D eigenvalue weighted by Gasteiger charge is -2.37. The monoisotopic (exact) mass is 494 g/mol. The molecule has 2 aliphatic carbocycles. The van der Waals surface area contributed by atoms with Gasteiger partial charge in [-0.25, -0.2) is 9.78 Å². The smallest absolute Gasteiger partial charge is 0.421 e. The lowest BCUT2D eigenvalue weighted by Crippen LogP contribution is -2.48. The molecule has 3 aliphatic rings. The fourth-order valence-electron chi connectivity index (χ4n) is 4.94. The molecule has 1 aliphatic heterocycles. The Labute approximate surface area is 201 Å². The second-order valence-electron chi connectivity index (χ2n) is 9.17. The number of ether oxygens (including phenoxy) is 2. The molecule has 2 heterocycles. The maximum atomic E-state index is 13.2. The number of amides is 1. The Morgan fingerprint density at radius 2 is 2.09 bits per heavy atom. The number of carbonyl (C=O) groups is 2. The van der Waals surface area contributed by atoms with Gasteiger partial charge in [-0.15, -0.1) is 0 Å². The summed E-state index contributed by atoms with van der Waals surface area (Å²) in [5.74, 6) is -0.583. The molecule has 0 radical (unpaired) electrons. The van der Waals surface area contributed by atoms with Crippen LogP contribution in [0.15, 0.2) is 34.6 Å². The highest BCUT2D eigenvalue weighted by Gasteiger charge is 2.50. The van der Waals surface area contributed by atoms with E-state index in [0.29, 0.717) is 43.0 Å². The highest BCUT2D eigenvalue weighted by Crippen LogP contribution is 2.54. The number of nitrogens with two attached hydrogens (primary N) is 1. The maximum absolute atomic E-state index is 13.2. The van der Waals surface area contributed by atoms with Crippen LogP contribution in [0.1, 0.15) is 45.1 Å². The van der Waals surface area contributed by atoms with E-state index in [1.807, 2.05) is 6.92 Å². The number of aromatic nitrogens is 1. The van der Waals surface area contributed by atoms with E-state index in [1.54, 1.807) is 11.8 Å². The number of halogens is 3. The largest absolute Gasteiger partial charge is 0.474 e. The molecular formula is C24H29F3N4O4. The van der Waals surface area contributed by atoms with Gasteiger partial charge in [0.15, 0.2) is 0 Å². The number of hydrogen-bond donors (Lipinski definition) is 1. The zero-order valence-electron chi connectivity index (χ0n) is 19.7. The summed E-state index contributed by atoms with van der Waals surface area (Å²) in [6.07, 6.45) is -1.39. The SMILES string of the molecule is CCOC(=O)C(N)=C1C(=NCC(=O)N2CC[C@@H](Oc3ncccc3C(F)(F)F)C[C@H]2C)C[C@H]2C[C@@H]12. The van der Waals surface area contributed by atoms with Crippen LogP contribution in [0.25, 0.3) is 0 Å². The number of piperidine rings is 1. The van der Waals surface area contributed by atoms with Crippen molar-refractivity contribution in [1.82, 2.24) is 9.88 Å². The third-order valence-corrected chi connectivity index (χ3v) is 6.75. The molecule has 1 amide bonds. The summed E-state index contributed by atoms with van der Waals surface area (Å²) < 4.78 is 50.3. The summed E-state index contributed by atoms with van der Waals surface area (Å²) in [5, 5.41) is 0. The van der Waals surface area contributed by atoms with Crippen molar-refractivity contribution in [1.29, 1.82) is 0 Å². The predicted molar refractivity (Wildman–Crippen MR) is 120 cm³/mol. The van der Waals surface area contributed by atoms with Crippen LogP contribution in [-0.4, -0.2) is 59.3 Å². The number of pyridine rings is 1. The van der Waals surface area contributed by atoms with E-state index in [0.717, 1.165) is 12.5 Å². The zero-order valence-corrected chi connectivity index (χ0v) is 19.7. The Bertz CT molecular complexity index is 1060. The lowest BCUT2D eigenvalue weighted by atomic mass is 10.0. The quantitative estimate of drug-likeness (QED) is 0.481. The number of alkyl halides is 3. The maximum Gasteiger partial charge on any atom is 0.421 e.